The van der Waals surface area contributed by atoms with Gasteiger partial charge >= 0.3 is 0 Å². The van der Waals surface area contributed by atoms with Gasteiger partial charge in [-0.1, -0.05) is 12.1 Å². The number of anilines is 1. The predicted molar refractivity (Wildman–Crippen MR) is 73.9 cm³/mol. The monoisotopic (exact) mass is 270 g/mol. The summed E-state index contributed by atoms with van der Waals surface area (Å²) in [6.07, 6.45) is 1.73. The van der Waals surface area contributed by atoms with Crippen LogP contribution in [0.2, 0.25) is 0 Å². The molecule has 0 radical (unpaired) electrons. The number of hydrogen-bond donors (Lipinski definition) is 2. The molecule has 0 unspecified atom stereocenters. The summed E-state index contributed by atoms with van der Waals surface area (Å²) in [6, 6.07) is 9.13. The van der Waals surface area contributed by atoms with Gasteiger partial charge in [-0.25, -0.2) is 9.98 Å². The first kappa shape index (κ1) is 11.8. The molecule has 1 amide bonds. The van der Waals surface area contributed by atoms with Gasteiger partial charge in [0.15, 0.2) is 0 Å². The summed E-state index contributed by atoms with van der Waals surface area (Å²) in [4.78, 5) is 21.2. The highest BCUT2D eigenvalue weighted by atomic mass is 32.1. The molecule has 0 atom stereocenters. The number of hydrogen-bond acceptors (Lipinski definition) is 5. The average molecular weight is 270 g/mol. The quantitative estimate of drug-likeness (QED) is 0.482. The number of carbonyl (C=O) groups is 1. The Balaban J connectivity index is 2.21. The van der Waals surface area contributed by atoms with Gasteiger partial charge in [0.1, 0.15) is 11.1 Å². The van der Waals surface area contributed by atoms with E-state index >= 15 is 0 Å². The Kier molecular flexibility index (Phi) is 2.94. The standard InChI is InChI=1S/C13H10N4OS/c14-17-10-5-1-4-9-12(10)15-11(13(18)16-9)7-8-3-2-6-19-8/h1-7,17H,14H2. The van der Waals surface area contributed by atoms with Crippen LogP contribution in [-0.2, 0) is 4.79 Å². The molecule has 0 spiro atoms. The van der Waals surface area contributed by atoms with Crippen LogP contribution in [0.15, 0.2) is 51.4 Å². The minimum atomic E-state index is -0.338. The fourth-order valence-corrected chi connectivity index (χ4v) is 2.44. The number of thiophene rings is 1. The molecule has 2 aromatic rings. The maximum absolute atomic E-state index is 11.9. The van der Waals surface area contributed by atoms with Crippen molar-refractivity contribution in [1.29, 1.82) is 0 Å². The number of nitrogens with two attached hydrogens (primary N) is 1. The molecule has 0 saturated heterocycles. The normalized spacial score (nSPS) is 15.6. The number of para-hydroxylation sites is 1. The number of nitrogens with zero attached hydrogens (tertiary/aromatic N) is 2. The molecular formula is C13H10N4OS. The van der Waals surface area contributed by atoms with E-state index in [1.54, 1.807) is 24.3 Å². The van der Waals surface area contributed by atoms with Crippen LogP contribution in [-0.4, -0.2) is 5.91 Å². The Hall–Kier alpha value is -2.31. The van der Waals surface area contributed by atoms with E-state index in [1.807, 2.05) is 17.5 Å². The molecule has 0 bridgehead atoms. The van der Waals surface area contributed by atoms with E-state index in [0.717, 1.165) is 4.88 Å². The number of rotatable bonds is 2. The SMILES string of the molecule is NNc1cccc2c1=NC(=Cc1cccs1)C(=O)N=2. The maximum atomic E-state index is 11.9. The third-order valence-corrected chi connectivity index (χ3v) is 3.49. The van der Waals surface area contributed by atoms with Crippen LogP contribution >= 0.6 is 11.3 Å². The number of nitrogen functional groups attached to an aromatic ring is 1. The number of carbonyl (C=O) groups excluding carboxylic acids is 1. The molecule has 3 N–H and O–H groups in total. The van der Waals surface area contributed by atoms with Crippen LogP contribution in [0.5, 0.6) is 0 Å². The highest BCUT2D eigenvalue weighted by molar-refractivity contribution is 7.10. The number of fused-ring (bicyclic) bond motifs is 1. The van der Waals surface area contributed by atoms with Gasteiger partial charge in [-0.2, -0.15) is 0 Å². The lowest BCUT2D eigenvalue weighted by Gasteiger charge is -2.06. The maximum Gasteiger partial charge on any atom is 0.296 e. The summed E-state index contributed by atoms with van der Waals surface area (Å²) in [6.45, 7) is 0. The molecule has 0 saturated carbocycles. The smallest absolute Gasteiger partial charge is 0.296 e. The molecule has 1 aromatic heterocycles. The Morgan fingerprint density at radius 3 is 2.84 bits per heavy atom. The predicted octanol–water partition coefficient (Wildman–Crippen LogP) is 0.854. The highest BCUT2D eigenvalue weighted by Gasteiger charge is 2.13. The number of benzene rings is 1. The zero-order valence-corrected chi connectivity index (χ0v) is 10.6. The lowest BCUT2D eigenvalue weighted by molar-refractivity contribution is -0.114. The van der Waals surface area contributed by atoms with Crippen LogP contribution in [0, 0.1) is 0 Å². The van der Waals surface area contributed by atoms with E-state index in [1.165, 1.54) is 11.3 Å². The molecule has 0 fully saturated rings. The van der Waals surface area contributed by atoms with Gasteiger partial charge in [0.05, 0.1) is 11.0 Å². The van der Waals surface area contributed by atoms with E-state index in [2.05, 4.69) is 15.4 Å². The van der Waals surface area contributed by atoms with Crippen molar-refractivity contribution >= 4 is 29.0 Å². The first-order chi connectivity index (χ1) is 9.28. The van der Waals surface area contributed by atoms with Crippen molar-refractivity contribution < 1.29 is 4.79 Å². The molecule has 6 heteroatoms. The molecule has 94 valence electrons. The Morgan fingerprint density at radius 2 is 2.11 bits per heavy atom. The molecule has 19 heavy (non-hydrogen) atoms. The van der Waals surface area contributed by atoms with E-state index in [0.29, 0.717) is 22.1 Å². The van der Waals surface area contributed by atoms with Crippen molar-refractivity contribution in [3.63, 3.8) is 0 Å². The second-order valence-corrected chi connectivity index (χ2v) is 4.87. The summed E-state index contributed by atoms with van der Waals surface area (Å²) in [7, 11) is 0. The molecule has 5 nitrogen and oxygen atoms in total. The summed E-state index contributed by atoms with van der Waals surface area (Å²) in [5.74, 6) is 5.10. The fourth-order valence-electron chi connectivity index (χ4n) is 1.79. The van der Waals surface area contributed by atoms with E-state index in [4.69, 9.17) is 5.84 Å². The fraction of sp³-hybridized carbons (Fsp3) is 0. The van der Waals surface area contributed by atoms with Crippen LogP contribution in [0.3, 0.4) is 0 Å². The van der Waals surface area contributed by atoms with Crippen LogP contribution in [0.25, 0.3) is 6.08 Å². The third-order valence-electron chi connectivity index (χ3n) is 2.67. The van der Waals surface area contributed by atoms with Gasteiger partial charge < -0.3 is 5.43 Å². The van der Waals surface area contributed by atoms with E-state index < -0.39 is 0 Å². The number of hydrazine groups is 1. The molecule has 1 aromatic carbocycles. The Morgan fingerprint density at radius 1 is 1.21 bits per heavy atom. The van der Waals surface area contributed by atoms with E-state index in [9.17, 15) is 4.79 Å². The van der Waals surface area contributed by atoms with Crippen molar-refractivity contribution in [2.75, 3.05) is 5.43 Å². The molecule has 1 aliphatic heterocycles. The van der Waals surface area contributed by atoms with Crippen LogP contribution in [0.1, 0.15) is 4.88 Å². The first-order valence-corrected chi connectivity index (χ1v) is 6.48. The van der Waals surface area contributed by atoms with Gasteiger partial charge in [-0.05, 0) is 29.7 Å². The zero-order chi connectivity index (χ0) is 13.2. The van der Waals surface area contributed by atoms with Crippen molar-refractivity contribution in [3.05, 3.63) is 57.0 Å². The largest absolute Gasteiger partial charge is 0.322 e. The molecule has 1 aliphatic rings. The minimum absolute atomic E-state index is 0.317. The average Bonchev–Trinajstić information content (AvgIpc) is 2.92. The van der Waals surface area contributed by atoms with Crippen molar-refractivity contribution in [2.45, 2.75) is 0 Å². The lowest BCUT2D eigenvalue weighted by Crippen LogP contribution is -2.34. The van der Waals surface area contributed by atoms with Crippen LogP contribution in [0.4, 0.5) is 5.69 Å². The molecule has 0 aliphatic carbocycles. The van der Waals surface area contributed by atoms with Crippen molar-refractivity contribution in [2.24, 2.45) is 15.8 Å². The van der Waals surface area contributed by atoms with Crippen LogP contribution < -0.4 is 22.0 Å². The first-order valence-electron chi connectivity index (χ1n) is 5.60. The Labute approximate surface area is 112 Å². The summed E-state index contributed by atoms with van der Waals surface area (Å²) in [5, 5.41) is 3.06. The minimum Gasteiger partial charge on any atom is -0.322 e. The zero-order valence-electron chi connectivity index (χ0n) is 9.83. The van der Waals surface area contributed by atoms with Gasteiger partial charge in [-0.3, -0.25) is 10.6 Å². The van der Waals surface area contributed by atoms with Gasteiger partial charge in [0.25, 0.3) is 5.91 Å². The Bertz CT molecular complexity index is 777. The molecule has 3 rings (SSSR count). The van der Waals surface area contributed by atoms with Gasteiger partial charge in [-0.15, -0.1) is 11.3 Å². The van der Waals surface area contributed by atoms with Crippen molar-refractivity contribution in [1.82, 2.24) is 0 Å². The second kappa shape index (κ2) is 4.75. The molecular weight excluding hydrogens is 260 g/mol. The molecule has 2 heterocycles. The number of nitrogens with one attached hydrogen (secondary N) is 1. The summed E-state index contributed by atoms with van der Waals surface area (Å²) < 4.78 is 0. The van der Waals surface area contributed by atoms with E-state index in [-0.39, 0.29) is 5.91 Å². The lowest BCUT2D eigenvalue weighted by atomic mass is 10.2. The summed E-state index contributed by atoms with van der Waals surface area (Å²) >= 11 is 1.54. The topological polar surface area (TPSA) is 79.8 Å². The van der Waals surface area contributed by atoms with Crippen molar-refractivity contribution in [3.8, 4) is 0 Å². The van der Waals surface area contributed by atoms with Gasteiger partial charge in [0, 0.05) is 4.88 Å². The third kappa shape index (κ3) is 2.18. The highest BCUT2D eigenvalue weighted by Crippen LogP contribution is 2.15. The van der Waals surface area contributed by atoms with Gasteiger partial charge in [0.2, 0.25) is 0 Å². The number of amides is 1. The summed E-state index contributed by atoms with van der Waals surface area (Å²) in [5.41, 5.74) is 3.52. The second-order valence-electron chi connectivity index (χ2n) is 3.89.